The molecule has 2 aliphatic heterocycles. The topological polar surface area (TPSA) is 288 Å². The predicted molar refractivity (Wildman–Crippen MR) is 442 cm³/mol. The fourth-order valence-corrected chi connectivity index (χ4v) is 16.2. The van der Waals surface area contributed by atoms with E-state index in [2.05, 4.69) is 36.7 Å². The first-order chi connectivity index (χ1) is 52.9. The van der Waals surface area contributed by atoms with Crippen LogP contribution < -0.4 is 32.5 Å². The van der Waals surface area contributed by atoms with Gasteiger partial charge < -0.3 is 47.0 Å². The van der Waals surface area contributed by atoms with Gasteiger partial charge in [-0.15, -0.1) is 22.7 Å². The van der Waals surface area contributed by atoms with Gasteiger partial charge in [0, 0.05) is 67.0 Å². The summed E-state index contributed by atoms with van der Waals surface area (Å²) >= 11 is 5.10. The molecule has 6 aromatic rings. The molecule has 608 valence electrons. The third-order valence-corrected chi connectivity index (χ3v) is 23.5. The number of rotatable bonds is 42. The fraction of sp³-hybridized carbons (Fsp3) is 0.565. The van der Waals surface area contributed by atoms with Crippen LogP contribution in [0.2, 0.25) is 0 Å². The molecular weight excluding hydrogens is 1570 g/mol. The van der Waals surface area contributed by atoms with E-state index in [-0.39, 0.29) is 104 Å². The maximum Gasteiger partial charge on any atom is 0.277 e. The van der Waals surface area contributed by atoms with Gasteiger partial charge >= 0.3 is 0 Å². The molecule has 0 spiro atoms. The number of nitrogens with two attached hydrogens (primary N) is 1. The molecule has 2 aromatic heterocycles. The molecule has 20 nitrogen and oxygen atoms in total. The molecule has 4 heterocycles. The summed E-state index contributed by atoms with van der Waals surface area (Å²) < 4.78 is 43.7. The van der Waals surface area contributed by atoms with Crippen LogP contribution in [-0.4, -0.2) is 135 Å². The number of aromatic nitrogens is 2. The van der Waals surface area contributed by atoms with Crippen LogP contribution in [-0.2, 0) is 33.6 Å². The quantitative estimate of drug-likeness (QED) is 0.0100. The number of ketones is 2. The number of anilines is 2. The molecule has 0 saturated carbocycles. The number of benzene rings is 4. The van der Waals surface area contributed by atoms with E-state index in [1.807, 2.05) is 151 Å². The Morgan fingerprint density at radius 1 is 0.586 bits per heavy atom. The number of unbranched alkanes of at least 4 members (excludes halogenated alkanes) is 13. The number of halogens is 4. The molecule has 8 atom stereocenters. The molecule has 0 unspecified atom stereocenters. The summed E-state index contributed by atoms with van der Waals surface area (Å²) in [5, 5.41) is 33.2. The third kappa shape index (κ3) is 28.5. The van der Waals surface area contributed by atoms with Gasteiger partial charge in [0.25, 0.3) is 5.91 Å². The number of aliphatic hydroxyl groups is 2. The second-order valence-electron chi connectivity index (χ2n) is 31.9. The van der Waals surface area contributed by atoms with E-state index in [0.29, 0.717) is 22.8 Å². The van der Waals surface area contributed by atoms with Crippen LogP contribution in [0.1, 0.15) is 242 Å². The SMILES string of the molecule is Cc1ncsc1-c1ccc([C@H](C)NC(=O)[C@@H]2C[C@@H](O)CN2C(=O)[C@@H](CC(=O)CCCCCCCCCN)C(C)(C)C)cc1.Cc1ncsc1-c1ccc([C@H](C)NC(=O)[C@@H]2C[C@@H](O)CN2C(=O)[C@@H](CC(=O)CCCCCCCCCNCCCCONC(=O)c2ccc(F)c(F)c2Nc2ccc(I)cc2F)C(C)(C)C)cc1. The van der Waals surface area contributed by atoms with E-state index >= 15 is 0 Å². The van der Waals surface area contributed by atoms with Gasteiger partial charge in [-0.05, 0) is 172 Å². The molecule has 9 N–H and O–H groups in total. The van der Waals surface area contributed by atoms with Crippen molar-refractivity contribution in [1.29, 1.82) is 0 Å². The van der Waals surface area contributed by atoms with Crippen molar-refractivity contribution in [2.45, 2.75) is 247 Å². The highest BCUT2D eigenvalue weighted by Gasteiger charge is 2.46. The molecule has 4 aromatic carbocycles. The average Bonchev–Trinajstić information content (AvgIpc) is 1.74. The van der Waals surface area contributed by atoms with Crippen LogP contribution in [0.5, 0.6) is 0 Å². The smallest absolute Gasteiger partial charge is 0.277 e. The largest absolute Gasteiger partial charge is 0.391 e. The van der Waals surface area contributed by atoms with Crippen molar-refractivity contribution in [1.82, 2.24) is 41.2 Å². The molecule has 26 heteroatoms. The lowest BCUT2D eigenvalue weighted by Gasteiger charge is -2.35. The summed E-state index contributed by atoms with van der Waals surface area (Å²) in [4.78, 5) is 113. The first kappa shape index (κ1) is 91.1. The lowest BCUT2D eigenvalue weighted by molar-refractivity contribution is -0.146. The number of Topliss-reactive ketones (excluding diaryl/α,β-unsaturated/α-hetero) is 2. The number of hydroxylamine groups is 1. The molecular formula is C85H118F3IN10O10S2. The van der Waals surface area contributed by atoms with Crippen molar-refractivity contribution < 1.29 is 61.8 Å². The summed E-state index contributed by atoms with van der Waals surface area (Å²) in [7, 11) is 0. The van der Waals surface area contributed by atoms with E-state index in [1.165, 1.54) is 28.4 Å². The first-order valence-electron chi connectivity index (χ1n) is 39.5. The standard InChI is InChI=1S/C51H66F3IN6O6S.C34H52N4O4S/c1-32(34-16-18-35(19-17-34)47-33(2)57-31-68-47)58-49(65)44-29-38(63)30-61(44)50(66)40(51(3,4)5)28-37(62)15-11-9-7-6-8-10-12-24-56-25-13-14-26-67-60-48(64)39-21-22-41(52)45(54)46(39)59-43-23-20-36(55)27-42(43)53;1-23(25-14-16-26(17-15-25)31-24(2)36-22-43-31)37-32(41)30-20-28(40)21-38(30)33(42)29(34(3,4)5)19-27(39)13-11-9-7-6-8-10-12-18-35/h16-23,27,31-32,38,40,44,56,59,63H,6-15,24-26,28-30H2,1-5H3,(H,58,65)(H,60,64);14-17,22-23,28-30,40H,6-13,18-21,35H2,1-5H3,(H,37,41)/t32-,38+,40+,44-;23-,28+,29+,30-/m00/s1. The number of aryl methyl sites for hydroxylation is 2. The second kappa shape index (κ2) is 45.1. The minimum Gasteiger partial charge on any atom is -0.391 e. The summed E-state index contributed by atoms with van der Waals surface area (Å²) in [6.07, 6.45) is 15.8. The Bertz CT molecular complexity index is 3980. The number of aliphatic hydroxyl groups excluding tert-OH is 2. The van der Waals surface area contributed by atoms with E-state index in [1.54, 1.807) is 28.7 Å². The van der Waals surface area contributed by atoms with Crippen LogP contribution in [0.25, 0.3) is 20.9 Å². The van der Waals surface area contributed by atoms with Crippen molar-refractivity contribution in [3.63, 3.8) is 0 Å². The minimum atomic E-state index is -1.31. The lowest BCUT2D eigenvalue weighted by atomic mass is 9.76. The van der Waals surface area contributed by atoms with Gasteiger partial charge in [0.2, 0.25) is 23.6 Å². The van der Waals surface area contributed by atoms with Crippen LogP contribution in [0, 0.1) is 57.5 Å². The molecule has 0 aliphatic carbocycles. The van der Waals surface area contributed by atoms with Gasteiger partial charge in [0.1, 0.15) is 29.5 Å². The molecule has 0 bridgehead atoms. The molecule has 2 fully saturated rings. The summed E-state index contributed by atoms with van der Waals surface area (Å²) in [6.45, 7) is 22.2. The number of likely N-dealkylation sites (tertiary alicyclic amines) is 2. The maximum absolute atomic E-state index is 14.7. The maximum atomic E-state index is 14.7. The number of hydrogen-bond donors (Lipinski definition) is 8. The predicted octanol–water partition coefficient (Wildman–Crippen LogP) is 16.5. The summed E-state index contributed by atoms with van der Waals surface area (Å²) in [6, 6.07) is 20.0. The number of thiazole rings is 2. The van der Waals surface area contributed by atoms with Gasteiger partial charge in [-0.25, -0.2) is 28.6 Å². The van der Waals surface area contributed by atoms with Crippen molar-refractivity contribution in [2.24, 2.45) is 28.4 Å². The van der Waals surface area contributed by atoms with Crippen LogP contribution in [0.3, 0.4) is 0 Å². The number of nitrogens with zero attached hydrogens (tertiary/aromatic N) is 4. The Morgan fingerprint density at radius 2 is 1.02 bits per heavy atom. The van der Waals surface area contributed by atoms with Crippen molar-refractivity contribution in [2.75, 3.05) is 44.6 Å². The van der Waals surface area contributed by atoms with Gasteiger partial charge in [0.15, 0.2) is 11.6 Å². The molecule has 2 saturated heterocycles. The van der Waals surface area contributed by atoms with Crippen molar-refractivity contribution in [3.05, 3.63) is 139 Å². The fourth-order valence-electron chi connectivity index (χ4n) is 14.1. The average molecular weight is 1690 g/mol. The van der Waals surface area contributed by atoms with E-state index < -0.39 is 76.0 Å². The number of hydrogen-bond acceptors (Lipinski definition) is 17. The Labute approximate surface area is 676 Å². The normalized spacial score (nSPS) is 16.8. The van der Waals surface area contributed by atoms with Gasteiger partial charge in [0.05, 0.1) is 80.0 Å². The number of carbonyl (C=O) groups is 7. The van der Waals surface area contributed by atoms with E-state index in [9.17, 15) is 56.9 Å². The molecule has 2 aliphatic rings. The summed E-state index contributed by atoms with van der Waals surface area (Å²) in [5.41, 5.74) is 15.6. The van der Waals surface area contributed by atoms with Crippen molar-refractivity contribution in [3.8, 4) is 20.9 Å². The number of nitrogens with one attached hydrogen (secondary N) is 5. The third-order valence-electron chi connectivity index (χ3n) is 20.8. The van der Waals surface area contributed by atoms with Crippen molar-refractivity contribution >= 4 is 97.7 Å². The zero-order valence-electron chi connectivity index (χ0n) is 66.4. The zero-order valence-corrected chi connectivity index (χ0v) is 70.2. The Hall–Kier alpha value is -7.05. The highest BCUT2D eigenvalue weighted by Crippen LogP contribution is 2.38. The van der Waals surface area contributed by atoms with Gasteiger partial charge in [-0.2, -0.15) is 0 Å². The number of carbonyl (C=O) groups excluding carboxylic acids is 7. The number of amides is 5. The Balaban J connectivity index is 0.000000342. The monoisotopic (exact) mass is 1690 g/mol. The minimum absolute atomic E-state index is 0.0352. The van der Waals surface area contributed by atoms with Crippen LogP contribution >= 0.6 is 45.3 Å². The molecule has 5 amide bonds. The second-order valence-corrected chi connectivity index (χ2v) is 34.8. The van der Waals surface area contributed by atoms with Crippen LogP contribution in [0.15, 0.2) is 89.9 Å². The van der Waals surface area contributed by atoms with E-state index in [0.717, 1.165) is 165 Å². The molecule has 8 rings (SSSR count). The molecule has 111 heavy (non-hydrogen) atoms. The first-order valence-corrected chi connectivity index (χ1v) is 42.3. The number of β-amino-alcohol motifs (C(OH)–C–C–N with tert-alkyl or cyclic N) is 2. The summed E-state index contributed by atoms with van der Waals surface area (Å²) in [5.74, 6) is -6.13. The van der Waals surface area contributed by atoms with Gasteiger partial charge in [-0.3, -0.25) is 38.4 Å². The Morgan fingerprint density at radius 3 is 1.44 bits per heavy atom. The highest BCUT2D eigenvalue weighted by molar-refractivity contribution is 14.1. The highest BCUT2D eigenvalue weighted by atomic mass is 127. The van der Waals surface area contributed by atoms with E-state index in [4.69, 9.17) is 10.6 Å². The van der Waals surface area contributed by atoms with Gasteiger partial charge in [-0.1, -0.05) is 154 Å². The Kier molecular flexibility index (Phi) is 37.1. The van der Waals surface area contributed by atoms with Crippen LogP contribution in [0.4, 0.5) is 24.5 Å². The molecule has 0 radical (unpaired) electrons. The zero-order chi connectivity index (χ0) is 81.0. The lowest BCUT2D eigenvalue weighted by Crippen LogP contribution is -2.50.